The summed E-state index contributed by atoms with van der Waals surface area (Å²) in [5.41, 5.74) is 8.73. The molecule has 0 aliphatic carbocycles. The maximum absolute atomic E-state index is 10.1. The molecule has 0 bridgehead atoms. The largest absolute Gasteiger partial charge is 0.506 e. The van der Waals surface area contributed by atoms with Crippen molar-refractivity contribution >= 4 is 11.8 Å². The first kappa shape index (κ1) is 17.8. The summed E-state index contributed by atoms with van der Waals surface area (Å²) in [7, 11) is 0. The number of phenols is 1. The molecular weight excluding hydrogens is 274 g/mol. The number of hydrogen-bond donors (Lipinski definition) is 3. The number of hydrogen-bond acceptors (Lipinski definition) is 3. The molecule has 1 unspecified atom stereocenters. The smallest absolute Gasteiger partial charge is 0.138 e. The molecule has 0 fully saturated rings. The Balaban J connectivity index is 0.000000745. The van der Waals surface area contributed by atoms with E-state index in [1.165, 1.54) is 12.5 Å². The standard InChI is InChI=1S/C16H17NO2.C3H8/c1-11-4-2-3-5-12(11)6-8-15(18)13-7-9-16(19)14(17)10-13;1-3-2/h2-10,15,18-19H,17H2,1H3;3H2,1-2H3/b8-6+;. The molecule has 118 valence electrons. The highest BCUT2D eigenvalue weighted by molar-refractivity contribution is 5.56. The number of aliphatic hydroxyl groups excluding tert-OH is 1. The van der Waals surface area contributed by atoms with Crippen molar-refractivity contribution in [3.8, 4) is 5.75 Å². The van der Waals surface area contributed by atoms with Crippen LogP contribution in [0, 0.1) is 6.92 Å². The zero-order chi connectivity index (χ0) is 16.5. The lowest BCUT2D eigenvalue weighted by Crippen LogP contribution is -1.95. The third-order valence-corrected chi connectivity index (χ3v) is 3.04. The molecule has 0 spiro atoms. The molecule has 2 rings (SSSR count). The van der Waals surface area contributed by atoms with Crippen molar-refractivity contribution in [1.29, 1.82) is 0 Å². The van der Waals surface area contributed by atoms with Crippen LogP contribution in [0.15, 0.2) is 48.5 Å². The van der Waals surface area contributed by atoms with Gasteiger partial charge < -0.3 is 15.9 Å². The normalized spacial score (nSPS) is 11.8. The fraction of sp³-hybridized carbons (Fsp3) is 0.263. The number of nitrogen functional groups attached to an aromatic ring is 1. The van der Waals surface area contributed by atoms with Crippen LogP contribution in [0.1, 0.15) is 43.1 Å². The summed E-state index contributed by atoms with van der Waals surface area (Å²) in [5.74, 6) is 0.0267. The van der Waals surface area contributed by atoms with Gasteiger partial charge in [0.25, 0.3) is 0 Å². The number of anilines is 1. The highest BCUT2D eigenvalue weighted by Gasteiger charge is 2.06. The number of aliphatic hydroxyl groups is 1. The van der Waals surface area contributed by atoms with Gasteiger partial charge in [-0.3, -0.25) is 0 Å². The first-order valence-electron chi connectivity index (χ1n) is 7.49. The van der Waals surface area contributed by atoms with E-state index in [-0.39, 0.29) is 11.4 Å². The van der Waals surface area contributed by atoms with Gasteiger partial charge in [-0.1, -0.05) is 62.8 Å². The third-order valence-electron chi connectivity index (χ3n) is 3.04. The summed E-state index contributed by atoms with van der Waals surface area (Å²) in [6.07, 6.45) is 4.08. The zero-order valence-electron chi connectivity index (χ0n) is 13.5. The number of nitrogens with two attached hydrogens (primary N) is 1. The molecule has 22 heavy (non-hydrogen) atoms. The Morgan fingerprint density at radius 1 is 1.14 bits per heavy atom. The van der Waals surface area contributed by atoms with Crippen molar-refractivity contribution in [3.05, 3.63) is 65.2 Å². The lowest BCUT2D eigenvalue weighted by Gasteiger charge is -2.08. The van der Waals surface area contributed by atoms with Gasteiger partial charge in [-0.25, -0.2) is 0 Å². The maximum Gasteiger partial charge on any atom is 0.138 e. The Kier molecular flexibility index (Phi) is 7.20. The van der Waals surface area contributed by atoms with E-state index in [9.17, 15) is 10.2 Å². The monoisotopic (exact) mass is 299 g/mol. The van der Waals surface area contributed by atoms with Gasteiger partial charge in [0, 0.05) is 0 Å². The fourth-order valence-corrected chi connectivity index (χ4v) is 1.84. The summed E-state index contributed by atoms with van der Waals surface area (Å²) >= 11 is 0. The van der Waals surface area contributed by atoms with E-state index in [2.05, 4.69) is 13.8 Å². The lowest BCUT2D eigenvalue weighted by molar-refractivity contribution is 0.229. The predicted octanol–water partition coefficient (Wildman–Crippen LogP) is 4.45. The first-order valence-corrected chi connectivity index (χ1v) is 7.49. The van der Waals surface area contributed by atoms with Crippen LogP contribution in [0.5, 0.6) is 5.75 Å². The van der Waals surface area contributed by atoms with Crippen LogP contribution in [-0.4, -0.2) is 10.2 Å². The number of rotatable bonds is 3. The van der Waals surface area contributed by atoms with Crippen LogP contribution in [0.4, 0.5) is 5.69 Å². The summed E-state index contributed by atoms with van der Waals surface area (Å²) < 4.78 is 0. The second-order valence-electron chi connectivity index (χ2n) is 5.19. The van der Waals surface area contributed by atoms with Crippen molar-refractivity contribution in [1.82, 2.24) is 0 Å². The third kappa shape index (κ3) is 5.26. The van der Waals surface area contributed by atoms with E-state index >= 15 is 0 Å². The van der Waals surface area contributed by atoms with Gasteiger partial charge in [-0.15, -0.1) is 0 Å². The maximum atomic E-state index is 10.1. The van der Waals surface area contributed by atoms with Gasteiger partial charge in [0.05, 0.1) is 11.8 Å². The van der Waals surface area contributed by atoms with Crippen LogP contribution in [0.3, 0.4) is 0 Å². The molecule has 0 radical (unpaired) electrons. The van der Waals surface area contributed by atoms with E-state index < -0.39 is 6.10 Å². The predicted molar refractivity (Wildman–Crippen MR) is 93.7 cm³/mol. The van der Waals surface area contributed by atoms with Gasteiger partial charge in [-0.05, 0) is 35.7 Å². The quantitative estimate of drug-likeness (QED) is 0.579. The van der Waals surface area contributed by atoms with Gasteiger partial charge in [0.15, 0.2) is 0 Å². The van der Waals surface area contributed by atoms with Crippen molar-refractivity contribution < 1.29 is 10.2 Å². The fourth-order valence-electron chi connectivity index (χ4n) is 1.84. The molecule has 0 saturated heterocycles. The Hall–Kier alpha value is -2.26. The van der Waals surface area contributed by atoms with Crippen molar-refractivity contribution in [2.24, 2.45) is 0 Å². The SMILES string of the molecule is CCC.Cc1ccccc1/C=C/C(O)c1ccc(O)c(N)c1. The Morgan fingerprint density at radius 3 is 2.36 bits per heavy atom. The van der Waals surface area contributed by atoms with Crippen LogP contribution >= 0.6 is 0 Å². The minimum atomic E-state index is -0.748. The second kappa shape index (κ2) is 8.90. The summed E-state index contributed by atoms with van der Waals surface area (Å²) in [5, 5.41) is 19.4. The van der Waals surface area contributed by atoms with Crippen molar-refractivity contribution in [2.75, 3.05) is 5.73 Å². The molecular formula is C19H25NO2. The molecule has 3 nitrogen and oxygen atoms in total. The van der Waals surface area contributed by atoms with Gasteiger partial charge in [0.1, 0.15) is 5.75 Å². The molecule has 2 aromatic carbocycles. The molecule has 0 heterocycles. The van der Waals surface area contributed by atoms with E-state index in [1.54, 1.807) is 18.2 Å². The topological polar surface area (TPSA) is 66.5 Å². The van der Waals surface area contributed by atoms with Crippen LogP contribution in [-0.2, 0) is 0 Å². The molecule has 1 atom stereocenters. The van der Waals surface area contributed by atoms with Gasteiger partial charge >= 0.3 is 0 Å². The minimum Gasteiger partial charge on any atom is -0.506 e. The van der Waals surface area contributed by atoms with E-state index in [0.29, 0.717) is 5.56 Å². The zero-order valence-corrected chi connectivity index (χ0v) is 13.5. The average molecular weight is 299 g/mol. The van der Waals surface area contributed by atoms with E-state index in [0.717, 1.165) is 11.1 Å². The van der Waals surface area contributed by atoms with Crippen LogP contribution < -0.4 is 5.73 Å². The molecule has 0 aliphatic rings. The number of benzene rings is 2. The lowest BCUT2D eigenvalue weighted by atomic mass is 10.0. The Morgan fingerprint density at radius 2 is 1.77 bits per heavy atom. The molecule has 4 N–H and O–H groups in total. The van der Waals surface area contributed by atoms with Gasteiger partial charge in [0.2, 0.25) is 0 Å². The first-order chi connectivity index (χ1) is 10.5. The van der Waals surface area contributed by atoms with E-state index in [1.807, 2.05) is 37.3 Å². The summed E-state index contributed by atoms with van der Waals surface area (Å²) in [6.45, 7) is 6.27. The number of aromatic hydroxyl groups is 1. The molecule has 0 aromatic heterocycles. The Labute approximate surface area is 132 Å². The second-order valence-corrected chi connectivity index (χ2v) is 5.19. The molecule has 0 amide bonds. The van der Waals surface area contributed by atoms with Crippen molar-refractivity contribution in [3.63, 3.8) is 0 Å². The molecule has 3 heteroatoms. The average Bonchev–Trinajstić information content (AvgIpc) is 2.50. The summed E-state index contributed by atoms with van der Waals surface area (Å²) in [6, 6.07) is 12.6. The van der Waals surface area contributed by atoms with E-state index in [4.69, 9.17) is 5.73 Å². The highest BCUT2D eigenvalue weighted by Crippen LogP contribution is 2.25. The molecule has 0 aliphatic heterocycles. The van der Waals surface area contributed by atoms with Crippen LogP contribution in [0.25, 0.3) is 6.08 Å². The molecule has 0 saturated carbocycles. The number of aryl methyl sites for hydroxylation is 1. The highest BCUT2D eigenvalue weighted by atomic mass is 16.3. The number of phenolic OH excluding ortho intramolecular Hbond substituents is 1. The minimum absolute atomic E-state index is 0.0267. The Bertz CT molecular complexity index is 621. The molecule has 2 aromatic rings. The summed E-state index contributed by atoms with van der Waals surface area (Å²) in [4.78, 5) is 0. The van der Waals surface area contributed by atoms with Crippen molar-refractivity contribution in [2.45, 2.75) is 33.3 Å². The van der Waals surface area contributed by atoms with Crippen LogP contribution in [0.2, 0.25) is 0 Å². The van der Waals surface area contributed by atoms with Gasteiger partial charge in [-0.2, -0.15) is 0 Å².